The molecule has 7 nitrogen and oxygen atoms in total. The molecule has 0 saturated carbocycles. The third kappa shape index (κ3) is 4.31. The molecule has 2 aromatic carbocycles. The number of anilines is 2. The number of nitrogens with zero attached hydrogens (tertiary/aromatic N) is 2. The number of rotatable bonds is 5. The molecule has 3 aromatic rings. The molecule has 0 radical (unpaired) electrons. The Hall–Kier alpha value is -3.32. The van der Waals surface area contributed by atoms with Crippen LogP contribution in [0.2, 0.25) is 5.02 Å². The van der Waals surface area contributed by atoms with Crippen LogP contribution in [0.1, 0.15) is 29.8 Å². The van der Waals surface area contributed by atoms with Crippen molar-refractivity contribution in [2.45, 2.75) is 19.3 Å². The summed E-state index contributed by atoms with van der Waals surface area (Å²) in [5.74, 6) is 0.217. The zero-order valence-corrected chi connectivity index (χ0v) is 16.9. The quantitative estimate of drug-likeness (QED) is 0.415. The fourth-order valence-corrected chi connectivity index (χ4v) is 3.74. The number of non-ortho nitro benzene ring substituents is 1. The molecule has 0 unspecified atom stereocenters. The highest BCUT2D eigenvalue weighted by molar-refractivity contribution is 6.31. The Bertz CT molecular complexity index is 1070. The normalized spacial score (nSPS) is 13.8. The molecule has 1 aliphatic heterocycles. The van der Waals surface area contributed by atoms with Crippen molar-refractivity contribution in [3.63, 3.8) is 0 Å². The van der Waals surface area contributed by atoms with Gasteiger partial charge < -0.3 is 14.6 Å². The van der Waals surface area contributed by atoms with Gasteiger partial charge in [-0.05, 0) is 61.7 Å². The van der Waals surface area contributed by atoms with E-state index in [1.807, 2.05) is 12.1 Å². The van der Waals surface area contributed by atoms with E-state index in [2.05, 4.69) is 10.2 Å². The predicted octanol–water partition coefficient (Wildman–Crippen LogP) is 5.75. The molecule has 0 atom stereocenters. The molecule has 0 spiro atoms. The molecule has 0 aliphatic carbocycles. The molecule has 2 heterocycles. The number of amides is 1. The van der Waals surface area contributed by atoms with Gasteiger partial charge in [0.2, 0.25) is 0 Å². The van der Waals surface area contributed by atoms with E-state index < -0.39 is 4.92 Å². The van der Waals surface area contributed by atoms with Gasteiger partial charge in [0.05, 0.1) is 16.3 Å². The zero-order valence-electron chi connectivity index (χ0n) is 16.1. The topological polar surface area (TPSA) is 88.6 Å². The van der Waals surface area contributed by atoms with Gasteiger partial charge in [-0.1, -0.05) is 11.6 Å². The Kier molecular flexibility index (Phi) is 5.72. The van der Waals surface area contributed by atoms with E-state index in [1.54, 1.807) is 30.3 Å². The van der Waals surface area contributed by atoms with Crippen molar-refractivity contribution < 1.29 is 14.1 Å². The van der Waals surface area contributed by atoms with Gasteiger partial charge in [0.25, 0.3) is 11.6 Å². The van der Waals surface area contributed by atoms with Gasteiger partial charge >= 0.3 is 0 Å². The first-order chi connectivity index (χ1) is 14.5. The van der Waals surface area contributed by atoms with E-state index in [1.165, 1.54) is 18.6 Å². The number of nitro groups is 1. The number of carbonyl (C=O) groups excluding carboxylic acids is 1. The minimum absolute atomic E-state index is 0.00512. The van der Waals surface area contributed by atoms with E-state index in [9.17, 15) is 14.9 Å². The third-order valence-electron chi connectivity index (χ3n) is 5.10. The number of furan rings is 1. The fraction of sp³-hybridized carbons (Fsp3) is 0.227. The van der Waals surface area contributed by atoms with E-state index in [4.69, 9.17) is 16.0 Å². The number of piperidine rings is 1. The van der Waals surface area contributed by atoms with Crippen molar-refractivity contribution in [3.05, 3.63) is 75.5 Å². The summed E-state index contributed by atoms with van der Waals surface area (Å²) in [6.07, 6.45) is 3.45. The van der Waals surface area contributed by atoms with Crippen LogP contribution in [0.4, 0.5) is 17.1 Å². The minimum Gasteiger partial charge on any atom is -0.451 e. The van der Waals surface area contributed by atoms with Crippen LogP contribution in [0.3, 0.4) is 0 Å². The van der Waals surface area contributed by atoms with Crippen LogP contribution in [0.25, 0.3) is 11.3 Å². The Morgan fingerprint density at radius 1 is 1.03 bits per heavy atom. The molecule has 1 fully saturated rings. The molecule has 8 heteroatoms. The summed E-state index contributed by atoms with van der Waals surface area (Å²) in [7, 11) is 0. The highest BCUT2D eigenvalue weighted by atomic mass is 35.5. The second kappa shape index (κ2) is 8.59. The first kappa shape index (κ1) is 20.0. The van der Waals surface area contributed by atoms with Crippen LogP contribution < -0.4 is 10.2 Å². The van der Waals surface area contributed by atoms with Gasteiger partial charge in [-0.25, -0.2) is 0 Å². The number of halogens is 1. The SMILES string of the molecule is O=C(Nc1cc(Cl)ccc1N1CCCCC1)c1ccc(-c2ccc([N+](=O)[O-])cc2)o1. The molecule has 30 heavy (non-hydrogen) atoms. The Morgan fingerprint density at radius 3 is 2.47 bits per heavy atom. The van der Waals surface area contributed by atoms with Crippen molar-refractivity contribution in [2.75, 3.05) is 23.3 Å². The molecule has 154 valence electrons. The largest absolute Gasteiger partial charge is 0.451 e. The number of benzene rings is 2. The van der Waals surface area contributed by atoms with Gasteiger partial charge in [0, 0.05) is 35.8 Å². The molecule has 1 aromatic heterocycles. The molecule has 0 bridgehead atoms. The highest BCUT2D eigenvalue weighted by Gasteiger charge is 2.19. The summed E-state index contributed by atoms with van der Waals surface area (Å²) >= 11 is 6.16. The van der Waals surface area contributed by atoms with Gasteiger partial charge in [-0.15, -0.1) is 0 Å². The van der Waals surface area contributed by atoms with E-state index in [0.29, 0.717) is 22.0 Å². The lowest BCUT2D eigenvalue weighted by atomic mass is 10.1. The maximum absolute atomic E-state index is 12.8. The maximum atomic E-state index is 12.8. The van der Waals surface area contributed by atoms with Crippen molar-refractivity contribution in [3.8, 4) is 11.3 Å². The second-order valence-corrected chi connectivity index (χ2v) is 7.57. The summed E-state index contributed by atoms with van der Waals surface area (Å²) < 4.78 is 5.69. The second-order valence-electron chi connectivity index (χ2n) is 7.13. The Labute approximate surface area is 178 Å². The van der Waals surface area contributed by atoms with Crippen molar-refractivity contribution >= 4 is 34.6 Å². The predicted molar refractivity (Wildman–Crippen MR) is 116 cm³/mol. The molecule has 1 saturated heterocycles. The van der Waals surface area contributed by atoms with Crippen molar-refractivity contribution in [1.29, 1.82) is 0 Å². The molecule has 1 aliphatic rings. The monoisotopic (exact) mass is 425 g/mol. The number of hydrogen-bond donors (Lipinski definition) is 1. The van der Waals surface area contributed by atoms with Crippen LogP contribution in [-0.2, 0) is 0 Å². The summed E-state index contributed by atoms with van der Waals surface area (Å²) in [5.41, 5.74) is 2.23. The summed E-state index contributed by atoms with van der Waals surface area (Å²) in [5, 5.41) is 14.2. The minimum atomic E-state index is -0.463. The summed E-state index contributed by atoms with van der Waals surface area (Å²) in [6.45, 7) is 1.88. The van der Waals surface area contributed by atoms with Crippen LogP contribution >= 0.6 is 11.6 Å². The van der Waals surface area contributed by atoms with Gasteiger partial charge in [0.1, 0.15) is 5.76 Å². The molecule has 4 rings (SSSR count). The van der Waals surface area contributed by atoms with E-state index in [0.717, 1.165) is 31.6 Å². The van der Waals surface area contributed by atoms with Gasteiger partial charge in [-0.2, -0.15) is 0 Å². The fourth-order valence-electron chi connectivity index (χ4n) is 3.57. The van der Waals surface area contributed by atoms with Crippen molar-refractivity contribution in [1.82, 2.24) is 0 Å². The summed E-state index contributed by atoms with van der Waals surface area (Å²) in [6, 6.07) is 14.7. The van der Waals surface area contributed by atoms with Gasteiger partial charge in [0.15, 0.2) is 5.76 Å². The molecule has 1 N–H and O–H groups in total. The van der Waals surface area contributed by atoms with Crippen LogP contribution in [0.5, 0.6) is 0 Å². The number of hydrogen-bond acceptors (Lipinski definition) is 5. The molecular formula is C22H20ClN3O4. The number of nitro benzene ring substituents is 1. The van der Waals surface area contributed by atoms with Crippen LogP contribution in [-0.4, -0.2) is 23.9 Å². The van der Waals surface area contributed by atoms with E-state index in [-0.39, 0.29) is 17.4 Å². The third-order valence-corrected chi connectivity index (χ3v) is 5.33. The van der Waals surface area contributed by atoms with Gasteiger partial charge in [-0.3, -0.25) is 14.9 Å². The Balaban J connectivity index is 1.53. The smallest absolute Gasteiger partial charge is 0.291 e. The standard InChI is InChI=1S/C22H20ClN3O4/c23-16-6-9-19(25-12-2-1-3-13-25)18(14-16)24-22(27)21-11-10-20(30-21)15-4-7-17(8-5-15)26(28)29/h4-11,14H,1-3,12-13H2,(H,24,27). The first-order valence-corrected chi connectivity index (χ1v) is 10.1. The van der Waals surface area contributed by atoms with E-state index >= 15 is 0 Å². The van der Waals surface area contributed by atoms with Crippen molar-refractivity contribution in [2.24, 2.45) is 0 Å². The summed E-state index contributed by atoms with van der Waals surface area (Å²) in [4.78, 5) is 25.4. The average Bonchev–Trinajstić information content (AvgIpc) is 3.25. The van der Waals surface area contributed by atoms with Crippen LogP contribution in [0, 0.1) is 10.1 Å². The number of carbonyl (C=O) groups is 1. The average molecular weight is 426 g/mol. The van der Waals surface area contributed by atoms with Crippen LogP contribution in [0.15, 0.2) is 59.0 Å². The lowest BCUT2D eigenvalue weighted by Gasteiger charge is -2.30. The highest BCUT2D eigenvalue weighted by Crippen LogP contribution is 2.32. The molecular weight excluding hydrogens is 406 g/mol. The zero-order chi connectivity index (χ0) is 21.1. The lowest BCUT2D eigenvalue weighted by Crippen LogP contribution is -2.30. The molecule has 1 amide bonds. The lowest BCUT2D eigenvalue weighted by molar-refractivity contribution is -0.384. The maximum Gasteiger partial charge on any atom is 0.291 e. The number of nitrogens with one attached hydrogen (secondary N) is 1. The Morgan fingerprint density at radius 2 is 1.77 bits per heavy atom. The first-order valence-electron chi connectivity index (χ1n) is 9.72.